The van der Waals surface area contributed by atoms with E-state index in [1.165, 1.54) is 6.33 Å². The molecule has 0 fully saturated rings. The first-order chi connectivity index (χ1) is 9.74. The Hall–Kier alpha value is -1.85. The third kappa shape index (κ3) is 3.59. The van der Waals surface area contributed by atoms with Crippen LogP contribution in [0.25, 0.3) is 0 Å². The lowest BCUT2D eigenvalue weighted by atomic mass is 10.2. The van der Waals surface area contributed by atoms with E-state index in [1.54, 1.807) is 14.2 Å². The maximum atomic E-state index is 5.85. The van der Waals surface area contributed by atoms with E-state index in [4.69, 9.17) is 21.1 Å². The van der Waals surface area contributed by atoms with Gasteiger partial charge in [0.15, 0.2) is 0 Å². The van der Waals surface area contributed by atoms with Gasteiger partial charge in [-0.15, -0.1) is 0 Å². The van der Waals surface area contributed by atoms with Crippen molar-refractivity contribution in [3.8, 4) is 11.8 Å². The van der Waals surface area contributed by atoms with E-state index in [0.717, 1.165) is 16.1 Å². The monoisotopic (exact) mass is 293 g/mol. The standard InChI is InChI=1S/C14H16ClN3O2/c1-19-13-12(14(20-2)18-9-17-13)8-16-7-10-3-5-11(15)6-4-10/h3-6,9,16H,7-8H2,1-2H3. The summed E-state index contributed by atoms with van der Waals surface area (Å²) in [6.07, 6.45) is 1.42. The molecule has 20 heavy (non-hydrogen) atoms. The molecule has 0 aliphatic heterocycles. The molecule has 2 aromatic rings. The van der Waals surface area contributed by atoms with Crippen LogP contribution >= 0.6 is 11.6 Å². The van der Waals surface area contributed by atoms with E-state index in [1.807, 2.05) is 24.3 Å². The zero-order valence-corrected chi connectivity index (χ0v) is 12.1. The molecule has 1 aromatic carbocycles. The fraction of sp³-hybridized carbons (Fsp3) is 0.286. The number of rotatable bonds is 6. The molecule has 5 nitrogen and oxygen atoms in total. The average Bonchev–Trinajstić information content (AvgIpc) is 2.49. The number of nitrogens with zero attached hydrogens (tertiary/aromatic N) is 2. The molecule has 0 radical (unpaired) electrons. The molecule has 0 spiro atoms. The SMILES string of the molecule is COc1ncnc(OC)c1CNCc1ccc(Cl)cc1. The third-order valence-corrected chi connectivity index (χ3v) is 3.05. The fourth-order valence-electron chi connectivity index (χ4n) is 1.82. The smallest absolute Gasteiger partial charge is 0.224 e. The van der Waals surface area contributed by atoms with E-state index in [-0.39, 0.29) is 0 Å². The van der Waals surface area contributed by atoms with E-state index in [0.29, 0.717) is 24.8 Å². The van der Waals surface area contributed by atoms with E-state index in [9.17, 15) is 0 Å². The molecule has 0 saturated heterocycles. The Morgan fingerprint density at radius 1 is 1.00 bits per heavy atom. The zero-order valence-electron chi connectivity index (χ0n) is 11.4. The van der Waals surface area contributed by atoms with E-state index < -0.39 is 0 Å². The van der Waals surface area contributed by atoms with Crippen LogP contribution in [0.4, 0.5) is 0 Å². The summed E-state index contributed by atoms with van der Waals surface area (Å²) < 4.78 is 10.4. The summed E-state index contributed by atoms with van der Waals surface area (Å²) in [5.74, 6) is 1.03. The second kappa shape index (κ2) is 7.07. The molecular weight excluding hydrogens is 278 g/mol. The molecule has 106 valence electrons. The van der Waals surface area contributed by atoms with Gasteiger partial charge in [0.25, 0.3) is 0 Å². The maximum Gasteiger partial charge on any atom is 0.224 e. The van der Waals surface area contributed by atoms with Crippen LogP contribution in [0.3, 0.4) is 0 Å². The third-order valence-electron chi connectivity index (χ3n) is 2.80. The molecule has 6 heteroatoms. The molecule has 0 bridgehead atoms. The van der Waals surface area contributed by atoms with Crippen molar-refractivity contribution in [1.29, 1.82) is 0 Å². The highest BCUT2D eigenvalue weighted by Crippen LogP contribution is 2.23. The van der Waals surface area contributed by atoms with Crippen LogP contribution in [0, 0.1) is 0 Å². The normalized spacial score (nSPS) is 10.3. The van der Waals surface area contributed by atoms with Crippen LogP contribution in [-0.4, -0.2) is 24.2 Å². The summed E-state index contributed by atoms with van der Waals surface area (Å²) in [6.45, 7) is 1.26. The number of nitrogens with one attached hydrogen (secondary N) is 1. The topological polar surface area (TPSA) is 56.3 Å². The van der Waals surface area contributed by atoms with Gasteiger partial charge in [0, 0.05) is 18.1 Å². The van der Waals surface area contributed by atoms with Crippen LogP contribution in [0.15, 0.2) is 30.6 Å². The largest absolute Gasteiger partial charge is 0.481 e. The van der Waals surface area contributed by atoms with Crippen molar-refractivity contribution in [1.82, 2.24) is 15.3 Å². The average molecular weight is 294 g/mol. The molecule has 0 saturated carbocycles. The summed E-state index contributed by atoms with van der Waals surface area (Å²) in [6, 6.07) is 7.69. The minimum absolute atomic E-state index is 0.514. The first-order valence-electron chi connectivity index (χ1n) is 6.11. The molecule has 1 heterocycles. The number of methoxy groups -OCH3 is 2. The molecular formula is C14H16ClN3O2. The molecule has 2 rings (SSSR count). The molecule has 0 amide bonds. The summed E-state index contributed by atoms with van der Waals surface area (Å²) >= 11 is 5.85. The van der Waals surface area contributed by atoms with Crippen LogP contribution in [-0.2, 0) is 13.1 Å². The molecule has 0 unspecified atom stereocenters. The molecule has 0 atom stereocenters. The van der Waals surface area contributed by atoms with Crippen molar-refractivity contribution in [2.24, 2.45) is 0 Å². The number of halogens is 1. The second-order valence-electron chi connectivity index (χ2n) is 4.10. The highest BCUT2D eigenvalue weighted by molar-refractivity contribution is 6.30. The lowest BCUT2D eigenvalue weighted by Crippen LogP contribution is -2.15. The lowest BCUT2D eigenvalue weighted by Gasteiger charge is -2.11. The number of aromatic nitrogens is 2. The van der Waals surface area contributed by atoms with Gasteiger partial charge >= 0.3 is 0 Å². The van der Waals surface area contributed by atoms with Gasteiger partial charge < -0.3 is 14.8 Å². The molecule has 1 aromatic heterocycles. The Bertz CT molecular complexity index is 539. The van der Waals surface area contributed by atoms with Gasteiger partial charge in [-0.2, -0.15) is 0 Å². The van der Waals surface area contributed by atoms with Crippen molar-refractivity contribution in [2.75, 3.05) is 14.2 Å². The van der Waals surface area contributed by atoms with Gasteiger partial charge in [0.05, 0.1) is 19.8 Å². The number of ether oxygens (including phenoxy) is 2. The predicted molar refractivity (Wildman–Crippen MR) is 77.1 cm³/mol. The molecule has 0 aliphatic carbocycles. The Kier molecular flexibility index (Phi) is 5.15. The minimum Gasteiger partial charge on any atom is -0.481 e. The lowest BCUT2D eigenvalue weighted by molar-refractivity contribution is 0.359. The maximum absolute atomic E-state index is 5.85. The summed E-state index contributed by atoms with van der Waals surface area (Å²) in [5, 5.41) is 4.03. The van der Waals surface area contributed by atoms with Crippen LogP contribution < -0.4 is 14.8 Å². The summed E-state index contributed by atoms with van der Waals surface area (Å²) in [5.41, 5.74) is 1.94. The van der Waals surface area contributed by atoms with Gasteiger partial charge in [0.1, 0.15) is 6.33 Å². The van der Waals surface area contributed by atoms with Crippen LogP contribution in [0.5, 0.6) is 11.8 Å². The first-order valence-corrected chi connectivity index (χ1v) is 6.49. The van der Waals surface area contributed by atoms with Gasteiger partial charge in [-0.3, -0.25) is 0 Å². The fourth-order valence-corrected chi connectivity index (χ4v) is 1.94. The van der Waals surface area contributed by atoms with Gasteiger partial charge in [-0.25, -0.2) is 9.97 Å². The Labute approximate surface area is 122 Å². The van der Waals surface area contributed by atoms with Crippen molar-refractivity contribution >= 4 is 11.6 Å². The van der Waals surface area contributed by atoms with E-state index in [2.05, 4.69) is 15.3 Å². The van der Waals surface area contributed by atoms with Crippen LogP contribution in [0.2, 0.25) is 5.02 Å². The highest BCUT2D eigenvalue weighted by atomic mass is 35.5. The van der Waals surface area contributed by atoms with Crippen molar-refractivity contribution in [3.05, 3.63) is 46.7 Å². The molecule has 1 N–H and O–H groups in total. The highest BCUT2D eigenvalue weighted by Gasteiger charge is 2.12. The number of benzene rings is 1. The Morgan fingerprint density at radius 2 is 1.60 bits per heavy atom. The molecule has 0 aliphatic rings. The van der Waals surface area contributed by atoms with E-state index >= 15 is 0 Å². The van der Waals surface area contributed by atoms with Crippen molar-refractivity contribution in [3.63, 3.8) is 0 Å². The Morgan fingerprint density at radius 3 is 2.15 bits per heavy atom. The van der Waals surface area contributed by atoms with Crippen molar-refractivity contribution < 1.29 is 9.47 Å². The Balaban J connectivity index is 2.01. The summed E-state index contributed by atoms with van der Waals surface area (Å²) in [7, 11) is 3.15. The van der Waals surface area contributed by atoms with Gasteiger partial charge in [-0.1, -0.05) is 23.7 Å². The van der Waals surface area contributed by atoms with Gasteiger partial charge in [-0.05, 0) is 17.7 Å². The minimum atomic E-state index is 0.514. The first kappa shape index (κ1) is 14.6. The predicted octanol–water partition coefficient (Wildman–Crippen LogP) is 2.44. The number of hydrogen-bond acceptors (Lipinski definition) is 5. The van der Waals surface area contributed by atoms with Gasteiger partial charge in [0.2, 0.25) is 11.8 Å². The summed E-state index contributed by atoms with van der Waals surface area (Å²) in [4.78, 5) is 8.14. The quantitative estimate of drug-likeness (QED) is 0.886. The zero-order chi connectivity index (χ0) is 14.4. The number of hydrogen-bond donors (Lipinski definition) is 1. The van der Waals surface area contributed by atoms with Crippen molar-refractivity contribution in [2.45, 2.75) is 13.1 Å². The van der Waals surface area contributed by atoms with Crippen LogP contribution in [0.1, 0.15) is 11.1 Å². The second-order valence-corrected chi connectivity index (χ2v) is 4.54.